The number of anilines is 2. The van der Waals surface area contributed by atoms with Crippen LogP contribution in [-0.2, 0) is 4.79 Å². The normalized spacial score (nSPS) is 13.5. The minimum absolute atomic E-state index is 0.00364. The van der Waals surface area contributed by atoms with Crippen LogP contribution in [0.15, 0.2) is 48.7 Å². The lowest BCUT2D eigenvalue weighted by Crippen LogP contribution is -2.36. The van der Waals surface area contributed by atoms with Gasteiger partial charge in [-0.2, -0.15) is 4.73 Å². The van der Waals surface area contributed by atoms with Gasteiger partial charge in [-0.05, 0) is 37.1 Å². The van der Waals surface area contributed by atoms with Crippen LogP contribution >= 0.6 is 0 Å². The molecule has 6 heteroatoms. The first-order valence-electron chi connectivity index (χ1n) is 7.04. The van der Waals surface area contributed by atoms with Gasteiger partial charge in [0.25, 0.3) is 5.69 Å². The maximum absolute atomic E-state index is 12.1. The molecule has 3 rings (SSSR count). The second-order valence-corrected chi connectivity index (χ2v) is 5.21. The Balaban J connectivity index is 1.71. The molecule has 0 radical (unpaired) electrons. The number of carbonyl (C=O) groups excluding carboxylic acids is 2. The first-order chi connectivity index (χ1) is 10.6. The Kier molecular flexibility index (Phi) is 3.74. The summed E-state index contributed by atoms with van der Waals surface area (Å²) in [5.74, 6) is -0.382. The molecule has 22 heavy (non-hydrogen) atoms. The largest absolute Gasteiger partial charge is 0.618 e. The van der Waals surface area contributed by atoms with Crippen molar-refractivity contribution in [1.82, 2.24) is 0 Å². The molecular formula is C16H15N3O3. The van der Waals surface area contributed by atoms with Crippen LogP contribution in [0.3, 0.4) is 0 Å². The third kappa shape index (κ3) is 3.22. The van der Waals surface area contributed by atoms with Crippen molar-refractivity contribution in [3.8, 4) is 0 Å². The first-order valence-corrected chi connectivity index (χ1v) is 7.04. The SMILES string of the molecule is O=C(Nc1cccc(NC(=O)C2CC2)c1)c1cccc[n+]1[O-]. The molecule has 0 saturated heterocycles. The number of hydrogen-bond acceptors (Lipinski definition) is 3. The first kappa shape index (κ1) is 14.1. The second kappa shape index (κ2) is 5.85. The minimum Gasteiger partial charge on any atom is -0.618 e. The van der Waals surface area contributed by atoms with Gasteiger partial charge in [0.05, 0.1) is 0 Å². The van der Waals surface area contributed by atoms with Crippen molar-refractivity contribution in [2.75, 3.05) is 10.6 Å². The summed E-state index contributed by atoms with van der Waals surface area (Å²) >= 11 is 0. The molecule has 112 valence electrons. The number of amides is 2. The second-order valence-electron chi connectivity index (χ2n) is 5.21. The van der Waals surface area contributed by atoms with Gasteiger partial charge in [-0.3, -0.25) is 9.59 Å². The van der Waals surface area contributed by atoms with Crippen LogP contribution in [0.25, 0.3) is 0 Å². The molecule has 1 aromatic carbocycles. The van der Waals surface area contributed by atoms with Crippen LogP contribution in [0, 0.1) is 11.1 Å². The van der Waals surface area contributed by atoms with E-state index in [0.29, 0.717) is 16.1 Å². The fourth-order valence-electron chi connectivity index (χ4n) is 2.06. The van der Waals surface area contributed by atoms with Crippen LogP contribution in [0.1, 0.15) is 23.3 Å². The number of nitrogens with one attached hydrogen (secondary N) is 2. The van der Waals surface area contributed by atoms with Gasteiger partial charge in [-0.1, -0.05) is 6.07 Å². The molecule has 1 fully saturated rings. The van der Waals surface area contributed by atoms with Crippen LogP contribution in [0.4, 0.5) is 11.4 Å². The summed E-state index contributed by atoms with van der Waals surface area (Å²) in [5.41, 5.74) is 1.15. The fourth-order valence-corrected chi connectivity index (χ4v) is 2.06. The van der Waals surface area contributed by atoms with E-state index in [1.807, 2.05) is 0 Å². The molecule has 0 atom stereocenters. The van der Waals surface area contributed by atoms with Gasteiger partial charge in [0.15, 0.2) is 6.20 Å². The lowest BCUT2D eigenvalue weighted by atomic mass is 10.2. The van der Waals surface area contributed by atoms with E-state index in [1.54, 1.807) is 36.4 Å². The molecular weight excluding hydrogens is 282 g/mol. The van der Waals surface area contributed by atoms with E-state index in [0.717, 1.165) is 12.8 Å². The van der Waals surface area contributed by atoms with E-state index in [1.165, 1.54) is 12.3 Å². The zero-order valence-corrected chi connectivity index (χ0v) is 11.8. The van der Waals surface area contributed by atoms with Crippen molar-refractivity contribution in [1.29, 1.82) is 0 Å². The van der Waals surface area contributed by atoms with Crippen molar-refractivity contribution in [2.24, 2.45) is 5.92 Å². The third-order valence-electron chi connectivity index (χ3n) is 3.39. The van der Waals surface area contributed by atoms with Crippen molar-refractivity contribution in [3.63, 3.8) is 0 Å². The van der Waals surface area contributed by atoms with Gasteiger partial charge in [0.2, 0.25) is 5.91 Å². The summed E-state index contributed by atoms with van der Waals surface area (Å²) in [4.78, 5) is 23.8. The maximum Gasteiger partial charge on any atom is 0.321 e. The van der Waals surface area contributed by atoms with Crippen molar-refractivity contribution >= 4 is 23.2 Å². The highest BCUT2D eigenvalue weighted by atomic mass is 16.5. The van der Waals surface area contributed by atoms with E-state index in [2.05, 4.69) is 10.6 Å². The lowest BCUT2D eigenvalue weighted by Gasteiger charge is -2.08. The van der Waals surface area contributed by atoms with E-state index in [9.17, 15) is 14.8 Å². The Bertz CT molecular complexity index is 726. The Labute approximate surface area is 127 Å². The van der Waals surface area contributed by atoms with E-state index >= 15 is 0 Å². The van der Waals surface area contributed by atoms with Crippen LogP contribution in [0.2, 0.25) is 0 Å². The molecule has 2 amide bonds. The number of rotatable bonds is 4. The van der Waals surface area contributed by atoms with Gasteiger partial charge in [0.1, 0.15) is 0 Å². The van der Waals surface area contributed by atoms with Gasteiger partial charge in [-0.25, -0.2) is 0 Å². The molecule has 1 aromatic heterocycles. The summed E-state index contributed by atoms with van der Waals surface area (Å²) in [7, 11) is 0. The van der Waals surface area contributed by atoms with Gasteiger partial charge in [-0.15, -0.1) is 0 Å². The molecule has 2 aromatic rings. The summed E-state index contributed by atoms with van der Waals surface area (Å²) in [6, 6.07) is 11.5. The zero-order chi connectivity index (χ0) is 15.5. The van der Waals surface area contributed by atoms with Crippen molar-refractivity contribution < 1.29 is 14.3 Å². The summed E-state index contributed by atoms with van der Waals surface area (Å²) < 4.78 is 0.508. The molecule has 0 unspecified atom stereocenters. The summed E-state index contributed by atoms with van der Waals surface area (Å²) in [5, 5.41) is 17.0. The third-order valence-corrected chi connectivity index (χ3v) is 3.39. The van der Waals surface area contributed by atoms with E-state index in [4.69, 9.17) is 0 Å². The van der Waals surface area contributed by atoms with Gasteiger partial charge >= 0.3 is 5.91 Å². The Morgan fingerprint density at radius 2 is 1.77 bits per heavy atom. The van der Waals surface area contributed by atoms with Gasteiger partial charge in [0, 0.05) is 29.4 Å². The molecule has 0 bridgehead atoms. The number of hydrogen-bond donors (Lipinski definition) is 2. The maximum atomic E-state index is 12.1. The van der Waals surface area contributed by atoms with Crippen LogP contribution in [0.5, 0.6) is 0 Å². The standard InChI is InChI=1S/C16H15N3O3/c20-15(11-7-8-11)17-12-4-3-5-13(10-12)18-16(21)14-6-1-2-9-19(14)22/h1-6,9-11H,7-8H2,(H,17,20)(H,18,21). The van der Waals surface area contributed by atoms with E-state index < -0.39 is 5.91 Å². The average Bonchev–Trinajstić information content (AvgIpc) is 3.32. The molecule has 0 aliphatic heterocycles. The quantitative estimate of drug-likeness (QED) is 0.668. The van der Waals surface area contributed by atoms with Crippen LogP contribution < -0.4 is 15.4 Å². The van der Waals surface area contributed by atoms with Gasteiger partial charge < -0.3 is 15.8 Å². The number of carbonyl (C=O) groups is 2. The summed E-state index contributed by atoms with van der Waals surface area (Å²) in [6.45, 7) is 0. The monoisotopic (exact) mass is 297 g/mol. The Morgan fingerprint density at radius 3 is 2.45 bits per heavy atom. The highest BCUT2D eigenvalue weighted by Crippen LogP contribution is 2.30. The Hall–Kier alpha value is -2.89. The number of benzene rings is 1. The average molecular weight is 297 g/mol. The van der Waals surface area contributed by atoms with Crippen molar-refractivity contribution in [2.45, 2.75) is 12.8 Å². The molecule has 2 N–H and O–H groups in total. The van der Waals surface area contributed by atoms with Crippen LogP contribution in [-0.4, -0.2) is 11.8 Å². The number of pyridine rings is 1. The summed E-state index contributed by atoms with van der Waals surface area (Å²) in [6.07, 6.45) is 3.13. The molecule has 6 nitrogen and oxygen atoms in total. The molecule has 1 aliphatic carbocycles. The lowest BCUT2D eigenvalue weighted by molar-refractivity contribution is -0.607. The minimum atomic E-state index is -0.499. The predicted octanol–water partition coefficient (Wildman–Crippen LogP) is 1.92. The van der Waals surface area contributed by atoms with Crippen molar-refractivity contribution in [3.05, 3.63) is 59.6 Å². The fraction of sp³-hybridized carbons (Fsp3) is 0.188. The molecule has 1 heterocycles. The number of nitrogens with zero attached hydrogens (tertiary/aromatic N) is 1. The molecule has 1 saturated carbocycles. The molecule has 1 aliphatic rings. The smallest absolute Gasteiger partial charge is 0.321 e. The Morgan fingerprint density at radius 1 is 1.05 bits per heavy atom. The highest BCUT2D eigenvalue weighted by Gasteiger charge is 2.29. The predicted molar refractivity (Wildman–Crippen MR) is 81.2 cm³/mol. The van der Waals surface area contributed by atoms with E-state index in [-0.39, 0.29) is 17.5 Å². The highest BCUT2D eigenvalue weighted by molar-refractivity contribution is 6.02. The molecule has 0 spiro atoms. The zero-order valence-electron chi connectivity index (χ0n) is 11.8. The topological polar surface area (TPSA) is 85.1 Å². The number of aromatic nitrogens is 1.